The van der Waals surface area contributed by atoms with E-state index in [9.17, 15) is 13.2 Å². The molecule has 1 aliphatic heterocycles. The second-order valence-corrected chi connectivity index (χ2v) is 8.60. The molecule has 27 heavy (non-hydrogen) atoms. The number of nitrogens with one attached hydrogen (secondary N) is 1. The number of benzene rings is 2. The van der Waals surface area contributed by atoms with E-state index >= 15 is 0 Å². The summed E-state index contributed by atoms with van der Waals surface area (Å²) in [5, 5.41) is 2.77. The molecule has 1 heterocycles. The molecule has 1 fully saturated rings. The lowest BCUT2D eigenvalue weighted by atomic mass is 10.2. The van der Waals surface area contributed by atoms with E-state index in [0.29, 0.717) is 44.7 Å². The zero-order valence-electron chi connectivity index (χ0n) is 15.3. The maximum Gasteiger partial charge on any atom is 0.251 e. The summed E-state index contributed by atoms with van der Waals surface area (Å²) in [6.07, 6.45) is 0.403. The van der Waals surface area contributed by atoms with Crippen LogP contribution in [0.2, 0.25) is 0 Å². The van der Waals surface area contributed by atoms with E-state index in [-0.39, 0.29) is 11.7 Å². The predicted molar refractivity (Wildman–Crippen MR) is 107 cm³/mol. The first-order valence-electron chi connectivity index (χ1n) is 9.17. The number of hydrogen-bond acceptors (Lipinski definition) is 4. The van der Waals surface area contributed by atoms with Crippen molar-refractivity contribution in [3.05, 3.63) is 66.2 Å². The predicted octanol–water partition coefficient (Wildman–Crippen LogP) is 1.96. The summed E-state index contributed by atoms with van der Waals surface area (Å²) in [6, 6.07) is 18.9. The summed E-state index contributed by atoms with van der Waals surface area (Å²) >= 11 is 0. The highest BCUT2D eigenvalue weighted by Crippen LogP contribution is 2.17. The molecule has 3 rings (SSSR count). The maximum absolute atomic E-state index is 12.5. The van der Waals surface area contributed by atoms with Crippen molar-refractivity contribution in [3.63, 3.8) is 0 Å². The number of sulfonamides is 1. The van der Waals surface area contributed by atoms with Crippen LogP contribution in [0.25, 0.3) is 0 Å². The first-order valence-corrected chi connectivity index (χ1v) is 10.8. The van der Waals surface area contributed by atoms with Crippen LogP contribution in [-0.4, -0.2) is 57.1 Å². The second-order valence-electron chi connectivity index (χ2n) is 6.51. The fourth-order valence-electron chi connectivity index (χ4n) is 3.14. The van der Waals surface area contributed by atoms with Gasteiger partial charge in [0.25, 0.3) is 5.91 Å². The quantitative estimate of drug-likeness (QED) is 0.738. The highest BCUT2D eigenvalue weighted by molar-refractivity contribution is 7.89. The van der Waals surface area contributed by atoms with Gasteiger partial charge < -0.3 is 10.2 Å². The third-order valence-corrected chi connectivity index (χ3v) is 6.61. The Labute approximate surface area is 160 Å². The van der Waals surface area contributed by atoms with Crippen LogP contribution < -0.4 is 10.2 Å². The minimum atomic E-state index is -3.30. The van der Waals surface area contributed by atoms with E-state index in [1.165, 1.54) is 0 Å². The van der Waals surface area contributed by atoms with Crippen molar-refractivity contribution in [2.75, 3.05) is 43.4 Å². The van der Waals surface area contributed by atoms with Crippen molar-refractivity contribution in [3.8, 4) is 0 Å². The van der Waals surface area contributed by atoms with Crippen LogP contribution in [0.15, 0.2) is 60.7 Å². The molecule has 2 aromatic rings. The highest BCUT2D eigenvalue weighted by atomic mass is 32.2. The van der Waals surface area contributed by atoms with Crippen LogP contribution in [0, 0.1) is 0 Å². The summed E-state index contributed by atoms with van der Waals surface area (Å²) < 4.78 is 26.6. The summed E-state index contributed by atoms with van der Waals surface area (Å²) in [6.45, 7) is 2.71. The molecule has 1 amide bonds. The number of para-hydroxylation sites is 1. The molecular formula is C20H25N3O3S. The molecule has 144 valence electrons. The molecule has 0 bridgehead atoms. The van der Waals surface area contributed by atoms with E-state index in [1.807, 2.05) is 36.4 Å². The van der Waals surface area contributed by atoms with E-state index in [0.717, 1.165) is 5.69 Å². The van der Waals surface area contributed by atoms with Gasteiger partial charge in [-0.05, 0) is 30.7 Å². The Hall–Kier alpha value is -2.38. The van der Waals surface area contributed by atoms with Crippen molar-refractivity contribution in [2.45, 2.75) is 6.42 Å². The van der Waals surface area contributed by atoms with Gasteiger partial charge >= 0.3 is 0 Å². The molecular weight excluding hydrogens is 362 g/mol. The van der Waals surface area contributed by atoms with Gasteiger partial charge in [0.05, 0.1) is 5.75 Å². The number of piperazine rings is 1. The van der Waals surface area contributed by atoms with E-state index in [1.54, 1.807) is 28.6 Å². The minimum absolute atomic E-state index is 0.0490. The van der Waals surface area contributed by atoms with E-state index in [4.69, 9.17) is 0 Å². The number of rotatable bonds is 7. The van der Waals surface area contributed by atoms with Gasteiger partial charge in [-0.1, -0.05) is 36.4 Å². The molecule has 0 saturated carbocycles. The first-order chi connectivity index (χ1) is 13.1. The van der Waals surface area contributed by atoms with Crippen LogP contribution in [0.5, 0.6) is 0 Å². The van der Waals surface area contributed by atoms with Gasteiger partial charge in [0.1, 0.15) is 0 Å². The van der Waals surface area contributed by atoms with Crippen LogP contribution in [-0.2, 0) is 10.0 Å². The Balaban J connectivity index is 1.42. The zero-order valence-corrected chi connectivity index (χ0v) is 16.1. The number of carbonyl (C=O) groups excluding carboxylic acids is 1. The summed E-state index contributed by atoms with van der Waals surface area (Å²) in [4.78, 5) is 14.2. The molecule has 0 spiro atoms. The van der Waals surface area contributed by atoms with Crippen molar-refractivity contribution in [2.24, 2.45) is 0 Å². The number of hydrogen-bond donors (Lipinski definition) is 1. The third-order valence-electron chi connectivity index (χ3n) is 4.65. The molecule has 1 saturated heterocycles. The molecule has 6 nitrogen and oxygen atoms in total. The van der Waals surface area contributed by atoms with Gasteiger partial charge in [-0.3, -0.25) is 4.79 Å². The number of nitrogens with zero attached hydrogens (tertiary/aromatic N) is 2. The lowest BCUT2D eigenvalue weighted by Gasteiger charge is -2.35. The van der Waals surface area contributed by atoms with E-state index < -0.39 is 10.0 Å². The van der Waals surface area contributed by atoms with Gasteiger partial charge in [0.2, 0.25) is 10.0 Å². The molecule has 7 heteroatoms. The van der Waals surface area contributed by atoms with Gasteiger partial charge in [-0.25, -0.2) is 8.42 Å². The second kappa shape index (κ2) is 9.01. The number of anilines is 1. The normalized spacial score (nSPS) is 15.5. The topological polar surface area (TPSA) is 69.7 Å². The largest absolute Gasteiger partial charge is 0.369 e. The van der Waals surface area contributed by atoms with Gasteiger partial charge in [-0.2, -0.15) is 4.31 Å². The fraction of sp³-hybridized carbons (Fsp3) is 0.350. The average molecular weight is 388 g/mol. The summed E-state index contributed by atoms with van der Waals surface area (Å²) in [5.74, 6) is -0.127. The lowest BCUT2D eigenvalue weighted by Crippen LogP contribution is -2.49. The standard InChI is InChI=1S/C20H25N3O3S/c24-20(18-8-3-1-4-9-18)21-12-7-17-27(25,26)23-15-13-22(14-16-23)19-10-5-2-6-11-19/h1-6,8-11H,7,12-17H2,(H,21,24). The van der Waals surface area contributed by atoms with Gasteiger partial charge in [-0.15, -0.1) is 0 Å². The Morgan fingerprint density at radius 2 is 1.48 bits per heavy atom. The third kappa shape index (κ3) is 5.30. The molecule has 0 unspecified atom stereocenters. The molecule has 1 aliphatic rings. The average Bonchev–Trinajstić information content (AvgIpc) is 2.72. The SMILES string of the molecule is O=C(NCCCS(=O)(=O)N1CCN(c2ccccc2)CC1)c1ccccc1. The van der Waals surface area contributed by atoms with Crippen LogP contribution in [0.4, 0.5) is 5.69 Å². The number of carbonyl (C=O) groups is 1. The molecule has 2 aromatic carbocycles. The highest BCUT2D eigenvalue weighted by Gasteiger charge is 2.26. The van der Waals surface area contributed by atoms with Crippen molar-refractivity contribution < 1.29 is 13.2 Å². The lowest BCUT2D eigenvalue weighted by molar-refractivity contribution is 0.0953. The van der Waals surface area contributed by atoms with Crippen molar-refractivity contribution in [1.82, 2.24) is 9.62 Å². The monoisotopic (exact) mass is 387 g/mol. The molecule has 0 aliphatic carbocycles. The molecule has 0 aromatic heterocycles. The molecule has 0 atom stereocenters. The van der Waals surface area contributed by atoms with Crippen molar-refractivity contribution >= 4 is 21.6 Å². The molecule has 1 N–H and O–H groups in total. The Bertz CT molecular complexity index is 833. The minimum Gasteiger partial charge on any atom is -0.369 e. The van der Waals surface area contributed by atoms with Gasteiger partial charge in [0.15, 0.2) is 0 Å². The van der Waals surface area contributed by atoms with Crippen molar-refractivity contribution in [1.29, 1.82) is 0 Å². The van der Waals surface area contributed by atoms with Crippen LogP contribution in [0.3, 0.4) is 0 Å². The smallest absolute Gasteiger partial charge is 0.251 e. The maximum atomic E-state index is 12.5. The van der Waals surface area contributed by atoms with Crippen LogP contribution in [0.1, 0.15) is 16.8 Å². The Morgan fingerprint density at radius 1 is 0.889 bits per heavy atom. The van der Waals surface area contributed by atoms with E-state index in [2.05, 4.69) is 10.2 Å². The molecule has 0 radical (unpaired) electrons. The summed E-state index contributed by atoms with van der Waals surface area (Å²) in [7, 11) is -3.30. The Morgan fingerprint density at radius 3 is 2.11 bits per heavy atom. The van der Waals surface area contributed by atoms with Gasteiger partial charge in [0, 0.05) is 44.0 Å². The summed E-state index contributed by atoms with van der Waals surface area (Å²) in [5.41, 5.74) is 1.70. The Kier molecular flexibility index (Phi) is 6.47. The van der Waals surface area contributed by atoms with Crippen LogP contribution >= 0.6 is 0 Å². The first kappa shape index (κ1) is 19.4. The number of amides is 1. The zero-order chi connectivity index (χ0) is 19.1. The fourth-order valence-corrected chi connectivity index (χ4v) is 4.63.